The molecule has 22 heavy (non-hydrogen) atoms. The Morgan fingerprint density at radius 3 is 2.82 bits per heavy atom. The Balaban J connectivity index is 1.86. The normalized spacial score (nSPS) is 19.2. The molecule has 2 aromatic heterocycles. The van der Waals surface area contributed by atoms with E-state index in [9.17, 15) is 4.79 Å². The zero-order valence-electron chi connectivity index (χ0n) is 13.7. The first-order valence-corrected chi connectivity index (χ1v) is 8.63. The molecule has 1 aliphatic rings. The molecule has 2 aromatic rings. The maximum atomic E-state index is 12.2. The number of nitrogens with zero attached hydrogens (tertiary/aromatic N) is 3. The highest BCUT2D eigenvalue weighted by Crippen LogP contribution is 2.32. The summed E-state index contributed by atoms with van der Waals surface area (Å²) < 4.78 is 1.61. The van der Waals surface area contributed by atoms with Crippen molar-refractivity contribution in [2.75, 3.05) is 6.54 Å². The molecule has 1 aliphatic heterocycles. The molecule has 3 heterocycles. The fourth-order valence-corrected chi connectivity index (χ4v) is 3.84. The predicted molar refractivity (Wildman–Crippen MR) is 90.3 cm³/mol. The lowest BCUT2D eigenvalue weighted by atomic mass is 9.92. The number of thiophene rings is 1. The maximum Gasteiger partial charge on any atom is 0.267 e. The highest BCUT2D eigenvalue weighted by atomic mass is 32.1. The smallest absolute Gasteiger partial charge is 0.267 e. The van der Waals surface area contributed by atoms with Crippen molar-refractivity contribution in [3.63, 3.8) is 0 Å². The summed E-state index contributed by atoms with van der Waals surface area (Å²) in [6.45, 7) is 10.1. The molecule has 1 atom stereocenters. The van der Waals surface area contributed by atoms with Gasteiger partial charge in [0.25, 0.3) is 5.56 Å². The van der Waals surface area contributed by atoms with Crippen LogP contribution in [0.3, 0.4) is 0 Å². The second-order valence-corrected chi connectivity index (χ2v) is 7.99. The molecule has 1 unspecified atom stereocenters. The minimum Gasteiger partial charge on any atom is -0.277 e. The van der Waals surface area contributed by atoms with Crippen LogP contribution < -0.4 is 5.56 Å². The molecule has 0 fully saturated rings. The van der Waals surface area contributed by atoms with Crippen LogP contribution in [0, 0.1) is 0 Å². The first kappa shape index (κ1) is 15.4. The zero-order valence-corrected chi connectivity index (χ0v) is 14.5. The van der Waals surface area contributed by atoms with Gasteiger partial charge in [-0.25, -0.2) is 4.68 Å². The lowest BCUT2D eigenvalue weighted by Crippen LogP contribution is -2.39. The quantitative estimate of drug-likeness (QED) is 0.854. The summed E-state index contributed by atoms with van der Waals surface area (Å²) in [6, 6.07) is 6.02. The summed E-state index contributed by atoms with van der Waals surface area (Å²) in [5.41, 5.74) is 2.27. The van der Waals surface area contributed by atoms with Crippen molar-refractivity contribution < 1.29 is 0 Å². The van der Waals surface area contributed by atoms with Crippen LogP contribution in [0.1, 0.15) is 49.9 Å². The van der Waals surface area contributed by atoms with Crippen LogP contribution in [-0.4, -0.2) is 21.2 Å². The lowest BCUT2D eigenvalue weighted by Gasteiger charge is -2.33. The monoisotopic (exact) mass is 317 g/mol. The second kappa shape index (κ2) is 5.63. The van der Waals surface area contributed by atoms with E-state index in [1.54, 1.807) is 10.7 Å². The molecule has 0 aliphatic carbocycles. The van der Waals surface area contributed by atoms with Crippen LogP contribution in [0.2, 0.25) is 0 Å². The van der Waals surface area contributed by atoms with Crippen LogP contribution in [0.5, 0.6) is 0 Å². The van der Waals surface area contributed by atoms with Gasteiger partial charge in [-0.1, -0.05) is 20.8 Å². The van der Waals surface area contributed by atoms with Gasteiger partial charge in [0.1, 0.15) is 0 Å². The average Bonchev–Trinajstić information content (AvgIpc) is 2.92. The van der Waals surface area contributed by atoms with E-state index >= 15 is 0 Å². The van der Waals surface area contributed by atoms with Gasteiger partial charge in [-0.2, -0.15) is 5.10 Å². The molecule has 0 radical (unpaired) electrons. The minimum atomic E-state index is -0.0521. The summed E-state index contributed by atoms with van der Waals surface area (Å²) in [5.74, 6) is 0. The summed E-state index contributed by atoms with van der Waals surface area (Å²) in [4.78, 5) is 16.0. The molecule has 0 bridgehead atoms. The fourth-order valence-electron chi connectivity index (χ4n) is 2.88. The number of fused-ring (bicyclic) bond motifs is 1. The van der Waals surface area contributed by atoms with Crippen molar-refractivity contribution in [2.24, 2.45) is 0 Å². The number of aromatic nitrogens is 2. The van der Waals surface area contributed by atoms with E-state index in [1.165, 1.54) is 10.4 Å². The van der Waals surface area contributed by atoms with Crippen LogP contribution >= 0.6 is 11.3 Å². The van der Waals surface area contributed by atoms with Gasteiger partial charge in [0.05, 0.1) is 12.4 Å². The third-order valence-electron chi connectivity index (χ3n) is 4.35. The molecule has 0 aromatic carbocycles. The molecule has 0 saturated carbocycles. The molecule has 0 N–H and O–H groups in total. The van der Waals surface area contributed by atoms with E-state index in [4.69, 9.17) is 0 Å². The third kappa shape index (κ3) is 2.88. The molecule has 0 amide bonds. The van der Waals surface area contributed by atoms with Gasteiger partial charge in [-0.15, -0.1) is 11.3 Å². The Labute approximate surface area is 135 Å². The van der Waals surface area contributed by atoms with E-state index in [0.717, 1.165) is 18.7 Å². The largest absolute Gasteiger partial charge is 0.277 e. The van der Waals surface area contributed by atoms with Crippen LogP contribution in [0.15, 0.2) is 28.4 Å². The number of hydrogen-bond acceptors (Lipinski definition) is 4. The van der Waals surface area contributed by atoms with Crippen molar-refractivity contribution >= 4 is 11.3 Å². The zero-order chi connectivity index (χ0) is 15.9. The van der Waals surface area contributed by atoms with Crippen molar-refractivity contribution in [1.82, 2.24) is 14.7 Å². The van der Waals surface area contributed by atoms with Gasteiger partial charge in [-0.3, -0.25) is 9.69 Å². The van der Waals surface area contributed by atoms with Crippen LogP contribution in [0.4, 0.5) is 0 Å². The maximum absolute atomic E-state index is 12.2. The van der Waals surface area contributed by atoms with E-state index < -0.39 is 0 Å². The highest BCUT2D eigenvalue weighted by Gasteiger charge is 2.25. The average molecular weight is 317 g/mol. The molecule has 4 nitrogen and oxygen atoms in total. The Morgan fingerprint density at radius 1 is 1.32 bits per heavy atom. The Hall–Kier alpha value is -1.46. The Bertz CT molecular complexity index is 726. The SMILES string of the molecule is CC1c2ccsc2CCN1Cn1nc(C(C)(C)C)ccc1=O. The van der Waals surface area contributed by atoms with Gasteiger partial charge in [-0.05, 0) is 36.4 Å². The molecular formula is C17H23N3OS. The van der Waals surface area contributed by atoms with Crippen LogP contribution in [-0.2, 0) is 18.5 Å². The summed E-state index contributed by atoms with van der Waals surface area (Å²) in [7, 11) is 0. The Morgan fingerprint density at radius 2 is 2.09 bits per heavy atom. The van der Waals surface area contributed by atoms with Gasteiger partial charge in [0, 0.05) is 28.9 Å². The summed E-state index contributed by atoms with van der Waals surface area (Å²) in [6.07, 6.45) is 1.06. The summed E-state index contributed by atoms with van der Waals surface area (Å²) in [5, 5.41) is 6.74. The number of hydrogen-bond donors (Lipinski definition) is 0. The Kier molecular flexibility index (Phi) is 3.95. The van der Waals surface area contributed by atoms with Crippen LogP contribution in [0.25, 0.3) is 0 Å². The van der Waals surface area contributed by atoms with Gasteiger partial charge >= 0.3 is 0 Å². The second-order valence-electron chi connectivity index (χ2n) is 6.99. The highest BCUT2D eigenvalue weighted by molar-refractivity contribution is 7.10. The summed E-state index contributed by atoms with van der Waals surface area (Å²) >= 11 is 1.84. The molecule has 0 spiro atoms. The minimum absolute atomic E-state index is 0.0312. The third-order valence-corrected chi connectivity index (χ3v) is 5.35. The van der Waals surface area contributed by atoms with Gasteiger partial charge < -0.3 is 0 Å². The molecule has 5 heteroatoms. The topological polar surface area (TPSA) is 38.1 Å². The standard InChI is InChI=1S/C17H23N3OS/c1-12-13-8-10-22-14(13)7-9-19(12)11-20-16(21)6-5-15(18-20)17(2,3)4/h5-6,8,10,12H,7,9,11H2,1-4H3. The predicted octanol–water partition coefficient (Wildman–Crippen LogP) is 3.18. The fraction of sp³-hybridized carbons (Fsp3) is 0.529. The first-order chi connectivity index (χ1) is 10.4. The van der Waals surface area contributed by atoms with Gasteiger partial charge in [0.2, 0.25) is 0 Å². The van der Waals surface area contributed by atoms with E-state index in [-0.39, 0.29) is 11.0 Å². The lowest BCUT2D eigenvalue weighted by molar-refractivity contribution is 0.141. The van der Waals surface area contributed by atoms with Gasteiger partial charge in [0.15, 0.2) is 0 Å². The van der Waals surface area contributed by atoms with Crippen molar-refractivity contribution in [3.8, 4) is 0 Å². The van der Waals surface area contributed by atoms with Crippen molar-refractivity contribution in [3.05, 3.63) is 50.1 Å². The number of rotatable bonds is 2. The van der Waals surface area contributed by atoms with E-state index in [0.29, 0.717) is 12.7 Å². The van der Waals surface area contributed by atoms with Crippen molar-refractivity contribution in [1.29, 1.82) is 0 Å². The molecule has 118 valence electrons. The first-order valence-electron chi connectivity index (χ1n) is 7.75. The van der Waals surface area contributed by atoms with E-state index in [1.807, 2.05) is 17.4 Å². The molecule has 3 rings (SSSR count). The van der Waals surface area contributed by atoms with E-state index in [2.05, 4.69) is 49.1 Å². The molecule has 0 saturated heterocycles. The molecular weight excluding hydrogens is 294 g/mol. The van der Waals surface area contributed by atoms with Crippen molar-refractivity contribution in [2.45, 2.75) is 52.2 Å².